The van der Waals surface area contributed by atoms with Gasteiger partial charge in [0.1, 0.15) is 0 Å². The number of hydrogen-bond acceptors (Lipinski definition) is 4. The molecule has 0 aliphatic carbocycles. The number of rotatable bonds is 4. The minimum Gasteiger partial charge on any atom is -0.454 e. The molecular weight excluding hydrogens is 289 g/mol. The Balaban J connectivity index is 1.81. The van der Waals surface area contributed by atoms with Crippen molar-refractivity contribution in [1.82, 2.24) is 15.0 Å². The lowest BCUT2D eigenvalue weighted by Crippen LogP contribution is -2.00. The van der Waals surface area contributed by atoms with E-state index in [0.29, 0.717) is 35.4 Å². The Morgan fingerprint density at radius 1 is 1.32 bits per heavy atom. The van der Waals surface area contributed by atoms with E-state index in [0.717, 1.165) is 11.3 Å². The van der Waals surface area contributed by atoms with E-state index in [2.05, 4.69) is 10.3 Å². The fraction of sp³-hybridized carbons (Fsp3) is 0.333. The summed E-state index contributed by atoms with van der Waals surface area (Å²) in [6.07, 6.45) is 2.59. The van der Waals surface area contributed by atoms with Crippen LogP contribution in [-0.4, -0.2) is 27.7 Å². The first-order valence-electron chi connectivity index (χ1n) is 5.79. The molecular formula is C12H11Cl2N3O2. The predicted molar refractivity (Wildman–Crippen MR) is 71.1 cm³/mol. The highest BCUT2D eigenvalue weighted by atomic mass is 35.5. The predicted octanol–water partition coefficient (Wildman–Crippen LogP) is 2.49. The maximum atomic E-state index is 6.13. The first-order valence-corrected chi connectivity index (χ1v) is 6.70. The Hall–Kier alpha value is -1.46. The second-order valence-electron chi connectivity index (χ2n) is 4.16. The monoisotopic (exact) mass is 299 g/mol. The first kappa shape index (κ1) is 12.6. The SMILES string of the molecule is ClCCc1cn(Cc2cc(Cl)c3c(c2)OCO3)nn1. The molecule has 0 spiro atoms. The Kier molecular flexibility index (Phi) is 3.48. The van der Waals surface area contributed by atoms with Crippen LogP contribution in [0.2, 0.25) is 5.02 Å². The van der Waals surface area contributed by atoms with Gasteiger partial charge in [0.2, 0.25) is 6.79 Å². The van der Waals surface area contributed by atoms with Gasteiger partial charge in [0.05, 0.1) is 17.3 Å². The minimum atomic E-state index is 0.210. The number of aryl methyl sites for hydroxylation is 1. The van der Waals surface area contributed by atoms with Crippen LogP contribution in [0.25, 0.3) is 0 Å². The van der Waals surface area contributed by atoms with E-state index in [1.807, 2.05) is 18.3 Å². The molecule has 1 aromatic heterocycles. The van der Waals surface area contributed by atoms with Crippen LogP contribution in [0.4, 0.5) is 0 Å². The topological polar surface area (TPSA) is 49.2 Å². The lowest BCUT2D eigenvalue weighted by atomic mass is 10.2. The van der Waals surface area contributed by atoms with Gasteiger partial charge in [0, 0.05) is 18.5 Å². The zero-order chi connectivity index (χ0) is 13.2. The second-order valence-corrected chi connectivity index (χ2v) is 4.94. The van der Waals surface area contributed by atoms with Crippen molar-refractivity contribution in [2.24, 2.45) is 0 Å². The lowest BCUT2D eigenvalue weighted by Gasteiger charge is -2.04. The smallest absolute Gasteiger partial charge is 0.231 e. The molecule has 3 rings (SSSR count). The second kappa shape index (κ2) is 5.27. The fourth-order valence-electron chi connectivity index (χ4n) is 1.93. The molecule has 0 bridgehead atoms. The van der Waals surface area contributed by atoms with Gasteiger partial charge in [-0.3, -0.25) is 0 Å². The molecule has 0 N–H and O–H groups in total. The summed E-state index contributed by atoms with van der Waals surface area (Å²) in [6.45, 7) is 0.785. The van der Waals surface area contributed by atoms with Gasteiger partial charge in [-0.15, -0.1) is 16.7 Å². The third-order valence-electron chi connectivity index (χ3n) is 2.77. The van der Waals surface area contributed by atoms with Crippen LogP contribution in [0.3, 0.4) is 0 Å². The summed E-state index contributed by atoms with van der Waals surface area (Å²) in [5.41, 5.74) is 1.86. The van der Waals surface area contributed by atoms with Gasteiger partial charge in [0.15, 0.2) is 11.5 Å². The fourth-order valence-corrected chi connectivity index (χ4v) is 2.41. The molecule has 5 nitrogen and oxygen atoms in total. The molecule has 1 aliphatic heterocycles. The number of nitrogens with zero attached hydrogens (tertiary/aromatic N) is 3. The third kappa shape index (κ3) is 2.62. The molecule has 0 atom stereocenters. The molecule has 0 unspecified atom stereocenters. The molecule has 0 saturated heterocycles. The number of aromatic nitrogens is 3. The summed E-state index contributed by atoms with van der Waals surface area (Å²) in [5.74, 6) is 1.81. The van der Waals surface area contributed by atoms with Crippen molar-refractivity contribution in [2.75, 3.05) is 12.7 Å². The van der Waals surface area contributed by atoms with Gasteiger partial charge in [-0.05, 0) is 17.7 Å². The minimum absolute atomic E-state index is 0.210. The molecule has 2 aromatic rings. The van der Waals surface area contributed by atoms with Crippen molar-refractivity contribution in [3.63, 3.8) is 0 Å². The normalized spacial score (nSPS) is 12.9. The molecule has 1 aromatic carbocycles. The molecule has 7 heteroatoms. The molecule has 0 fully saturated rings. The quantitative estimate of drug-likeness (QED) is 0.814. The Bertz CT molecular complexity index is 601. The van der Waals surface area contributed by atoms with Crippen LogP contribution < -0.4 is 9.47 Å². The van der Waals surface area contributed by atoms with E-state index in [9.17, 15) is 0 Å². The molecule has 0 amide bonds. The van der Waals surface area contributed by atoms with Crippen LogP contribution >= 0.6 is 23.2 Å². The molecule has 1 aliphatic rings. The summed E-state index contributed by atoms with van der Waals surface area (Å²) < 4.78 is 12.3. The highest BCUT2D eigenvalue weighted by Crippen LogP contribution is 2.39. The van der Waals surface area contributed by atoms with Gasteiger partial charge < -0.3 is 9.47 Å². The van der Waals surface area contributed by atoms with E-state index >= 15 is 0 Å². The highest BCUT2D eigenvalue weighted by molar-refractivity contribution is 6.32. The maximum absolute atomic E-state index is 6.13. The van der Waals surface area contributed by atoms with Crippen molar-refractivity contribution < 1.29 is 9.47 Å². The number of fused-ring (bicyclic) bond motifs is 1. The number of hydrogen-bond donors (Lipinski definition) is 0. The van der Waals surface area contributed by atoms with Gasteiger partial charge >= 0.3 is 0 Å². The highest BCUT2D eigenvalue weighted by Gasteiger charge is 2.18. The molecule has 0 saturated carbocycles. The van der Waals surface area contributed by atoms with E-state index in [4.69, 9.17) is 32.7 Å². The summed E-state index contributed by atoms with van der Waals surface area (Å²) in [5, 5.41) is 8.63. The van der Waals surface area contributed by atoms with Gasteiger partial charge in [-0.1, -0.05) is 16.8 Å². The Morgan fingerprint density at radius 3 is 3.05 bits per heavy atom. The van der Waals surface area contributed by atoms with Gasteiger partial charge in [0.25, 0.3) is 0 Å². The summed E-state index contributed by atoms with van der Waals surface area (Å²) >= 11 is 11.8. The lowest BCUT2D eigenvalue weighted by molar-refractivity contribution is 0.174. The Labute approximate surface area is 120 Å². The van der Waals surface area contributed by atoms with Crippen LogP contribution in [0.1, 0.15) is 11.3 Å². The van der Waals surface area contributed by atoms with Crippen LogP contribution in [0.15, 0.2) is 18.3 Å². The van der Waals surface area contributed by atoms with Crippen LogP contribution in [0, 0.1) is 0 Å². The zero-order valence-corrected chi connectivity index (χ0v) is 11.5. The Morgan fingerprint density at radius 2 is 2.21 bits per heavy atom. The summed E-state index contributed by atoms with van der Waals surface area (Å²) in [4.78, 5) is 0. The van der Waals surface area contributed by atoms with Crippen molar-refractivity contribution in [3.05, 3.63) is 34.6 Å². The largest absolute Gasteiger partial charge is 0.454 e. The average Bonchev–Trinajstić information content (AvgIpc) is 2.99. The van der Waals surface area contributed by atoms with Crippen molar-refractivity contribution in [3.8, 4) is 11.5 Å². The van der Waals surface area contributed by atoms with Gasteiger partial charge in [-0.25, -0.2) is 4.68 Å². The zero-order valence-electron chi connectivity index (χ0n) is 9.97. The van der Waals surface area contributed by atoms with Crippen LogP contribution in [0.5, 0.6) is 11.5 Å². The maximum Gasteiger partial charge on any atom is 0.231 e. The van der Waals surface area contributed by atoms with E-state index in [1.165, 1.54) is 0 Å². The molecule has 2 heterocycles. The van der Waals surface area contributed by atoms with E-state index in [-0.39, 0.29) is 6.79 Å². The average molecular weight is 300 g/mol. The van der Waals surface area contributed by atoms with Crippen molar-refractivity contribution in [1.29, 1.82) is 0 Å². The van der Waals surface area contributed by atoms with Crippen LogP contribution in [-0.2, 0) is 13.0 Å². The molecule has 19 heavy (non-hydrogen) atoms. The number of ether oxygens (including phenoxy) is 2. The summed E-state index contributed by atoms with van der Waals surface area (Å²) in [6, 6.07) is 3.75. The number of benzene rings is 1. The number of alkyl halides is 1. The molecule has 0 radical (unpaired) electrons. The third-order valence-corrected chi connectivity index (χ3v) is 3.24. The van der Waals surface area contributed by atoms with Gasteiger partial charge in [-0.2, -0.15) is 0 Å². The molecule has 100 valence electrons. The van der Waals surface area contributed by atoms with E-state index in [1.54, 1.807) is 4.68 Å². The standard InChI is InChI=1S/C12H11Cl2N3O2/c13-2-1-9-6-17(16-15-9)5-8-3-10(14)12-11(4-8)18-7-19-12/h3-4,6H,1-2,5,7H2. The van der Waals surface area contributed by atoms with E-state index < -0.39 is 0 Å². The van der Waals surface area contributed by atoms with Crippen molar-refractivity contribution in [2.45, 2.75) is 13.0 Å². The number of halogens is 2. The summed E-state index contributed by atoms with van der Waals surface area (Å²) in [7, 11) is 0. The van der Waals surface area contributed by atoms with Crippen molar-refractivity contribution >= 4 is 23.2 Å². The first-order chi connectivity index (χ1) is 9.26.